The van der Waals surface area contributed by atoms with Gasteiger partial charge in [-0.2, -0.15) is 5.10 Å². The van der Waals surface area contributed by atoms with Crippen molar-refractivity contribution in [1.82, 2.24) is 15.4 Å². The van der Waals surface area contributed by atoms with Crippen molar-refractivity contribution >= 4 is 28.8 Å². The van der Waals surface area contributed by atoms with E-state index in [0.29, 0.717) is 23.3 Å². The van der Waals surface area contributed by atoms with Gasteiger partial charge in [0.05, 0.1) is 36.4 Å². The number of nitro groups is 1. The van der Waals surface area contributed by atoms with E-state index in [9.17, 15) is 14.9 Å². The Hall–Kier alpha value is -4.73. The molecule has 2 N–H and O–H groups in total. The lowest BCUT2D eigenvalue weighted by molar-refractivity contribution is -0.385. The number of hydrogen-bond donors (Lipinski definition) is 2. The highest BCUT2D eigenvalue weighted by atomic mass is 16.6. The number of carbonyl (C=O) groups is 1. The largest absolute Gasteiger partial charge is 0.496 e. The van der Waals surface area contributed by atoms with Crippen molar-refractivity contribution in [3.05, 3.63) is 93.3 Å². The first-order valence-corrected chi connectivity index (χ1v) is 10.2. The van der Waals surface area contributed by atoms with Gasteiger partial charge < -0.3 is 14.5 Å². The highest BCUT2D eigenvalue weighted by Crippen LogP contribution is 2.33. The summed E-state index contributed by atoms with van der Waals surface area (Å²) < 4.78 is 10.3. The van der Waals surface area contributed by atoms with Gasteiger partial charge in [0.1, 0.15) is 11.6 Å². The molecule has 34 heavy (non-hydrogen) atoms. The van der Waals surface area contributed by atoms with E-state index in [1.807, 2.05) is 30.3 Å². The summed E-state index contributed by atoms with van der Waals surface area (Å²) in [4.78, 5) is 31.1. The third kappa shape index (κ3) is 4.85. The molecule has 172 valence electrons. The monoisotopic (exact) mass is 459 g/mol. The summed E-state index contributed by atoms with van der Waals surface area (Å²) in [6, 6.07) is 17.7. The van der Waals surface area contributed by atoms with Crippen LogP contribution >= 0.6 is 0 Å². The van der Waals surface area contributed by atoms with Crippen LogP contribution in [-0.2, 0) is 6.42 Å². The number of methoxy groups -OCH3 is 2. The number of imidazole rings is 1. The number of fused-ring (bicyclic) bond motifs is 1. The average molecular weight is 459 g/mol. The Morgan fingerprint density at radius 3 is 2.59 bits per heavy atom. The Balaban J connectivity index is 1.50. The minimum atomic E-state index is -0.570. The van der Waals surface area contributed by atoms with E-state index in [0.717, 1.165) is 22.4 Å². The summed E-state index contributed by atoms with van der Waals surface area (Å²) in [6.07, 6.45) is 1.92. The Morgan fingerprint density at radius 1 is 1.12 bits per heavy atom. The highest BCUT2D eigenvalue weighted by molar-refractivity contribution is 5.98. The third-order valence-electron chi connectivity index (χ3n) is 5.11. The molecule has 1 heterocycles. The van der Waals surface area contributed by atoms with Gasteiger partial charge in [0.2, 0.25) is 5.75 Å². The zero-order chi connectivity index (χ0) is 24.1. The van der Waals surface area contributed by atoms with Gasteiger partial charge in [-0.15, -0.1) is 0 Å². The molecule has 10 heteroatoms. The second kappa shape index (κ2) is 9.82. The summed E-state index contributed by atoms with van der Waals surface area (Å²) in [7, 11) is 2.75. The van der Waals surface area contributed by atoms with Gasteiger partial charge in [0, 0.05) is 29.7 Å². The lowest BCUT2D eigenvalue weighted by Crippen LogP contribution is -2.17. The number of nitrogens with zero attached hydrogens (tertiary/aromatic N) is 3. The second-order valence-corrected chi connectivity index (χ2v) is 7.30. The number of rotatable bonds is 8. The molecule has 4 aromatic rings. The van der Waals surface area contributed by atoms with Crippen LogP contribution in [0.2, 0.25) is 0 Å². The number of nitro benzene ring substituents is 1. The number of aromatic nitrogens is 2. The van der Waals surface area contributed by atoms with Crippen molar-refractivity contribution in [2.45, 2.75) is 6.42 Å². The maximum atomic E-state index is 12.6. The van der Waals surface area contributed by atoms with Crippen LogP contribution in [0.25, 0.3) is 11.0 Å². The number of aromatic amines is 1. The Labute approximate surface area is 194 Å². The summed E-state index contributed by atoms with van der Waals surface area (Å²) in [5, 5.41) is 15.2. The molecule has 0 bridgehead atoms. The molecule has 1 amide bonds. The average Bonchev–Trinajstić information content (AvgIpc) is 3.25. The molecule has 1 aromatic heterocycles. The molecular weight excluding hydrogens is 438 g/mol. The first kappa shape index (κ1) is 22.5. The molecular formula is C24H21N5O5. The molecule has 0 saturated heterocycles. The van der Waals surface area contributed by atoms with E-state index >= 15 is 0 Å². The van der Waals surface area contributed by atoms with Crippen LogP contribution in [-0.4, -0.2) is 41.2 Å². The Kier molecular flexibility index (Phi) is 6.49. The van der Waals surface area contributed by atoms with Crippen molar-refractivity contribution < 1.29 is 19.2 Å². The van der Waals surface area contributed by atoms with Gasteiger partial charge in [-0.25, -0.2) is 10.4 Å². The minimum absolute atomic E-state index is 0.0579. The molecule has 0 saturated carbocycles. The van der Waals surface area contributed by atoms with Crippen LogP contribution in [0.3, 0.4) is 0 Å². The van der Waals surface area contributed by atoms with Gasteiger partial charge in [-0.1, -0.05) is 30.3 Å². The van der Waals surface area contributed by atoms with Crippen LogP contribution in [0.5, 0.6) is 11.5 Å². The van der Waals surface area contributed by atoms with Gasteiger partial charge in [0.25, 0.3) is 5.91 Å². The van der Waals surface area contributed by atoms with Crippen LogP contribution in [0.4, 0.5) is 5.69 Å². The van der Waals surface area contributed by atoms with Crippen LogP contribution in [0.15, 0.2) is 65.8 Å². The number of H-pyrrole nitrogens is 1. The number of benzene rings is 3. The molecule has 3 aromatic carbocycles. The van der Waals surface area contributed by atoms with Crippen molar-refractivity contribution in [2.75, 3.05) is 14.2 Å². The molecule has 4 rings (SSSR count). The number of hydrogen-bond acceptors (Lipinski definition) is 7. The smallest absolute Gasteiger partial charge is 0.311 e. The third-order valence-corrected chi connectivity index (χ3v) is 5.11. The predicted octanol–water partition coefficient (Wildman–Crippen LogP) is 3.84. The maximum absolute atomic E-state index is 12.6. The predicted molar refractivity (Wildman–Crippen MR) is 127 cm³/mol. The maximum Gasteiger partial charge on any atom is 0.311 e. The van der Waals surface area contributed by atoms with Crippen LogP contribution in [0, 0.1) is 10.1 Å². The van der Waals surface area contributed by atoms with E-state index in [1.165, 1.54) is 32.6 Å². The van der Waals surface area contributed by atoms with Gasteiger partial charge in [-0.05, 0) is 23.8 Å². The van der Waals surface area contributed by atoms with E-state index < -0.39 is 10.8 Å². The topological polar surface area (TPSA) is 132 Å². The standard InChI is InChI=1S/C24H21N5O5/c1-33-21-13-22(34-2)20(29(31)32)12-17(21)14-25-28-24(30)16-8-9-18-19(11-16)27-23(26-18)10-15-6-4-3-5-7-15/h3-9,11-14H,10H2,1-2H3,(H,26,27)(H,28,30)/b25-14-. The zero-order valence-corrected chi connectivity index (χ0v) is 18.4. The Bertz CT molecular complexity index is 1380. The molecule has 0 fully saturated rings. The van der Waals surface area contributed by atoms with E-state index in [4.69, 9.17) is 9.47 Å². The highest BCUT2D eigenvalue weighted by Gasteiger charge is 2.19. The van der Waals surface area contributed by atoms with E-state index in [2.05, 4.69) is 20.5 Å². The van der Waals surface area contributed by atoms with Crippen molar-refractivity contribution in [2.24, 2.45) is 5.10 Å². The zero-order valence-electron chi connectivity index (χ0n) is 18.4. The number of carbonyl (C=O) groups excluding carboxylic acids is 1. The first-order valence-electron chi connectivity index (χ1n) is 10.2. The number of amides is 1. The lowest BCUT2D eigenvalue weighted by Gasteiger charge is -2.08. The van der Waals surface area contributed by atoms with Crippen molar-refractivity contribution in [1.29, 1.82) is 0 Å². The second-order valence-electron chi connectivity index (χ2n) is 7.30. The molecule has 0 aliphatic heterocycles. The fourth-order valence-electron chi connectivity index (χ4n) is 3.45. The summed E-state index contributed by atoms with van der Waals surface area (Å²) in [6.45, 7) is 0. The van der Waals surface area contributed by atoms with Gasteiger partial charge in [0.15, 0.2) is 0 Å². The normalized spacial score (nSPS) is 11.0. The fraction of sp³-hybridized carbons (Fsp3) is 0.125. The molecule has 0 atom stereocenters. The van der Waals surface area contributed by atoms with Crippen LogP contribution < -0.4 is 14.9 Å². The van der Waals surface area contributed by atoms with Gasteiger partial charge in [-0.3, -0.25) is 14.9 Å². The molecule has 0 spiro atoms. The van der Waals surface area contributed by atoms with Crippen LogP contribution in [0.1, 0.15) is 27.3 Å². The summed E-state index contributed by atoms with van der Waals surface area (Å²) in [5.74, 6) is 0.720. The number of nitrogens with one attached hydrogen (secondary N) is 2. The fourth-order valence-corrected chi connectivity index (χ4v) is 3.45. The SMILES string of the molecule is COc1cc(OC)c([N+](=O)[O-])cc1/C=N\NC(=O)c1ccc2nc(Cc3ccccc3)[nH]c2c1. The van der Waals surface area contributed by atoms with E-state index in [-0.39, 0.29) is 11.4 Å². The quantitative estimate of drug-likeness (QED) is 0.234. The van der Waals surface area contributed by atoms with E-state index in [1.54, 1.807) is 18.2 Å². The molecule has 0 aliphatic carbocycles. The number of hydrazone groups is 1. The molecule has 10 nitrogen and oxygen atoms in total. The number of ether oxygens (including phenoxy) is 2. The van der Waals surface area contributed by atoms with Crippen molar-refractivity contribution in [3.63, 3.8) is 0 Å². The lowest BCUT2D eigenvalue weighted by atomic mass is 10.1. The molecule has 0 unspecified atom stereocenters. The van der Waals surface area contributed by atoms with Gasteiger partial charge >= 0.3 is 5.69 Å². The summed E-state index contributed by atoms with van der Waals surface area (Å²) >= 11 is 0. The van der Waals surface area contributed by atoms with Crippen molar-refractivity contribution in [3.8, 4) is 11.5 Å². The minimum Gasteiger partial charge on any atom is -0.496 e. The summed E-state index contributed by atoms with van der Waals surface area (Å²) in [5.41, 5.74) is 5.49. The molecule has 0 radical (unpaired) electrons. The Morgan fingerprint density at radius 2 is 1.88 bits per heavy atom. The molecule has 0 aliphatic rings. The first-order chi connectivity index (χ1) is 16.5.